The summed E-state index contributed by atoms with van der Waals surface area (Å²) in [6, 6.07) is 9.41. The minimum Gasteiger partial charge on any atom is -0.465 e. The number of benzene rings is 1. The summed E-state index contributed by atoms with van der Waals surface area (Å²) in [5.74, 6) is -2.06. The zero-order valence-electron chi connectivity index (χ0n) is 16.9. The van der Waals surface area contributed by atoms with Gasteiger partial charge in [-0.25, -0.2) is 4.99 Å². The minimum absolute atomic E-state index is 0.234. The molecule has 4 atom stereocenters. The van der Waals surface area contributed by atoms with Crippen LogP contribution in [0.3, 0.4) is 0 Å². The van der Waals surface area contributed by atoms with Crippen molar-refractivity contribution in [3.05, 3.63) is 35.9 Å². The number of rotatable bonds is 5. The molecular formula is C21H27NO5Si. The van der Waals surface area contributed by atoms with E-state index in [-0.39, 0.29) is 12.5 Å². The zero-order valence-corrected chi connectivity index (χ0v) is 17.9. The Morgan fingerprint density at radius 1 is 1.29 bits per heavy atom. The molecule has 6 nitrogen and oxygen atoms in total. The highest BCUT2D eigenvalue weighted by molar-refractivity contribution is 6.69. The maximum atomic E-state index is 13.4. The molecule has 0 N–H and O–H groups in total. The molecule has 3 aliphatic rings. The summed E-state index contributed by atoms with van der Waals surface area (Å²) in [4.78, 5) is 30.7. The van der Waals surface area contributed by atoms with E-state index in [1.54, 1.807) is 6.92 Å². The van der Waals surface area contributed by atoms with Crippen molar-refractivity contribution in [2.45, 2.75) is 57.7 Å². The number of amides is 1. The van der Waals surface area contributed by atoms with E-state index in [0.717, 1.165) is 18.4 Å². The van der Waals surface area contributed by atoms with Crippen molar-refractivity contribution >= 4 is 25.9 Å². The largest absolute Gasteiger partial charge is 0.465 e. The van der Waals surface area contributed by atoms with Gasteiger partial charge in [0.05, 0.1) is 12.3 Å². The standard InChI is InChI=1S/C21H27NO5Si/c1-5-25-19(24)21-15-12-9-13-20(15,27-28(2,3)4)26-17(21)18(23)22-16(21)14-10-7-6-8-11-14/h6-8,10-11,15,17H,5,9,12-13H2,1-4H3/t15-,17-,20-,21-/m1/s1. The van der Waals surface area contributed by atoms with Crippen LogP contribution < -0.4 is 0 Å². The first-order chi connectivity index (χ1) is 13.2. The van der Waals surface area contributed by atoms with Gasteiger partial charge in [0.25, 0.3) is 5.91 Å². The van der Waals surface area contributed by atoms with Crippen LogP contribution in [0.1, 0.15) is 31.7 Å². The molecule has 150 valence electrons. The van der Waals surface area contributed by atoms with Crippen LogP contribution in [0.4, 0.5) is 0 Å². The van der Waals surface area contributed by atoms with Crippen LogP contribution in [0, 0.1) is 11.3 Å². The molecule has 1 saturated heterocycles. The highest BCUT2D eigenvalue weighted by Crippen LogP contribution is 2.62. The number of ether oxygens (including phenoxy) is 2. The number of carbonyl (C=O) groups is 2. The fourth-order valence-corrected chi connectivity index (χ4v) is 6.42. The number of hydrogen-bond donors (Lipinski definition) is 0. The summed E-state index contributed by atoms with van der Waals surface area (Å²) in [5.41, 5.74) is -0.0230. The lowest BCUT2D eigenvalue weighted by molar-refractivity contribution is -0.190. The molecule has 4 rings (SSSR count). The van der Waals surface area contributed by atoms with Gasteiger partial charge in [-0.05, 0) is 45.0 Å². The Hall–Kier alpha value is -1.83. The number of aliphatic imine (C=N–C) groups is 1. The fourth-order valence-electron chi connectivity index (χ4n) is 5.09. The second kappa shape index (κ2) is 6.61. The Balaban J connectivity index is 1.89. The average Bonchev–Trinajstić information content (AvgIpc) is 3.22. The molecule has 0 aromatic heterocycles. The van der Waals surface area contributed by atoms with Gasteiger partial charge in [-0.15, -0.1) is 0 Å². The Bertz CT molecular complexity index is 833. The lowest BCUT2D eigenvalue weighted by Crippen LogP contribution is -2.52. The predicted molar refractivity (Wildman–Crippen MR) is 106 cm³/mol. The third-order valence-electron chi connectivity index (χ3n) is 5.81. The van der Waals surface area contributed by atoms with E-state index in [9.17, 15) is 9.59 Å². The van der Waals surface area contributed by atoms with Crippen molar-refractivity contribution in [1.29, 1.82) is 0 Å². The Labute approximate surface area is 166 Å². The van der Waals surface area contributed by atoms with Crippen LogP contribution >= 0.6 is 0 Å². The summed E-state index contributed by atoms with van der Waals surface area (Å²) < 4.78 is 18.4. The van der Waals surface area contributed by atoms with E-state index in [1.807, 2.05) is 30.3 Å². The fraction of sp³-hybridized carbons (Fsp3) is 0.571. The van der Waals surface area contributed by atoms with Gasteiger partial charge >= 0.3 is 5.97 Å². The molecule has 2 heterocycles. The monoisotopic (exact) mass is 401 g/mol. The Morgan fingerprint density at radius 3 is 2.64 bits per heavy atom. The third-order valence-corrected chi connectivity index (χ3v) is 6.76. The topological polar surface area (TPSA) is 74.2 Å². The molecule has 0 spiro atoms. The highest BCUT2D eigenvalue weighted by Gasteiger charge is 2.76. The van der Waals surface area contributed by atoms with Gasteiger partial charge in [-0.2, -0.15) is 0 Å². The summed E-state index contributed by atoms with van der Waals surface area (Å²) in [7, 11) is -2.00. The van der Waals surface area contributed by atoms with Gasteiger partial charge in [-0.3, -0.25) is 9.59 Å². The summed E-state index contributed by atoms with van der Waals surface area (Å²) in [6.45, 7) is 8.30. The molecule has 1 amide bonds. The maximum absolute atomic E-state index is 13.4. The van der Waals surface area contributed by atoms with Gasteiger partial charge in [0, 0.05) is 12.3 Å². The van der Waals surface area contributed by atoms with Crippen LogP contribution in [0.25, 0.3) is 0 Å². The molecule has 1 aromatic rings. The van der Waals surface area contributed by atoms with Crippen LogP contribution in [0.2, 0.25) is 19.6 Å². The Morgan fingerprint density at radius 2 is 2.00 bits per heavy atom. The number of hydrogen-bond acceptors (Lipinski definition) is 5. The van der Waals surface area contributed by atoms with Crippen molar-refractivity contribution in [3.8, 4) is 0 Å². The van der Waals surface area contributed by atoms with Crippen LogP contribution in [-0.2, 0) is 23.5 Å². The van der Waals surface area contributed by atoms with E-state index < -0.39 is 37.5 Å². The van der Waals surface area contributed by atoms with Gasteiger partial charge in [0.2, 0.25) is 0 Å². The third kappa shape index (κ3) is 2.71. The average molecular weight is 402 g/mol. The first kappa shape index (κ1) is 19.5. The molecular weight excluding hydrogens is 374 g/mol. The molecule has 7 heteroatoms. The van der Waals surface area contributed by atoms with Gasteiger partial charge in [0.15, 0.2) is 25.6 Å². The summed E-state index contributed by atoms with van der Waals surface area (Å²) in [5, 5.41) is 0. The maximum Gasteiger partial charge on any atom is 0.321 e. The quantitative estimate of drug-likeness (QED) is 0.559. The summed E-state index contributed by atoms with van der Waals surface area (Å²) >= 11 is 0. The van der Waals surface area contributed by atoms with E-state index in [4.69, 9.17) is 13.9 Å². The second-order valence-electron chi connectivity index (χ2n) is 8.72. The first-order valence-electron chi connectivity index (χ1n) is 9.98. The highest BCUT2D eigenvalue weighted by atomic mass is 28.4. The van der Waals surface area contributed by atoms with E-state index in [0.29, 0.717) is 12.1 Å². The lowest BCUT2D eigenvalue weighted by atomic mass is 9.67. The number of esters is 1. The molecule has 2 aliphatic heterocycles. The number of fused-ring (bicyclic) bond motifs is 3. The SMILES string of the molecule is CCOC(=O)[C@]12C(c3ccccc3)=NC(=O)[C@H]1O[C@@]1(O[Si](C)(C)C)CCC[C@H]12. The molecule has 28 heavy (non-hydrogen) atoms. The zero-order chi connectivity index (χ0) is 20.2. The summed E-state index contributed by atoms with van der Waals surface area (Å²) in [6.07, 6.45) is 1.30. The van der Waals surface area contributed by atoms with Crippen LogP contribution in [-0.4, -0.2) is 44.4 Å². The van der Waals surface area contributed by atoms with E-state index in [1.165, 1.54) is 0 Å². The molecule has 0 bridgehead atoms. The Kier molecular flexibility index (Phi) is 4.60. The van der Waals surface area contributed by atoms with Gasteiger partial charge < -0.3 is 13.9 Å². The predicted octanol–water partition coefficient (Wildman–Crippen LogP) is 3.31. The van der Waals surface area contributed by atoms with Crippen molar-refractivity contribution in [1.82, 2.24) is 0 Å². The van der Waals surface area contributed by atoms with Crippen LogP contribution in [0.5, 0.6) is 0 Å². The minimum atomic E-state index is -2.00. The van der Waals surface area contributed by atoms with Crippen molar-refractivity contribution < 1.29 is 23.5 Å². The van der Waals surface area contributed by atoms with Crippen molar-refractivity contribution in [2.75, 3.05) is 6.61 Å². The molecule has 1 aliphatic carbocycles. The molecule has 2 fully saturated rings. The van der Waals surface area contributed by atoms with Gasteiger partial charge in [-0.1, -0.05) is 30.3 Å². The van der Waals surface area contributed by atoms with Gasteiger partial charge in [0.1, 0.15) is 0 Å². The van der Waals surface area contributed by atoms with E-state index in [2.05, 4.69) is 24.6 Å². The first-order valence-corrected chi connectivity index (χ1v) is 13.4. The second-order valence-corrected chi connectivity index (χ2v) is 13.2. The van der Waals surface area contributed by atoms with Crippen molar-refractivity contribution in [3.63, 3.8) is 0 Å². The number of carbonyl (C=O) groups excluding carboxylic acids is 2. The smallest absolute Gasteiger partial charge is 0.321 e. The molecule has 1 saturated carbocycles. The molecule has 0 radical (unpaired) electrons. The van der Waals surface area contributed by atoms with Crippen LogP contribution in [0.15, 0.2) is 35.3 Å². The molecule has 0 unspecified atom stereocenters. The lowest BCUT2D eigenvalue weighted by Gasteiger charge is -2.38. The van der Waals surface area contributed by atoms with E-state index >= 15 is 0 Å². The molecule has 1 aromatic carbocycles. The normalized spacial score (nSPS) is 34.1. The van der Waals surface area contributed by atoms with Crippen molar-refractivity contribution in [2.24, 2.45) is 16.3 Å². The number of nitrogens with zero attached hydrogens (tertiary/aromatic N) is 1.